The van der Waals surface area contributed by atoms with Crippen molar-refractivity contribution in [3.05, 3.63) is 0 Å². The van der Waals surface area contributed by atoms with Gasteiger partial charge >= 0.3 is 11.9 Å². The Labute approximate surface area is 70.4 Å². The van der Waals surface area contributed by atoms with E-state index in [9.17, 15) is 9.59 Å². The van der Waals surface area contributed by atoms with Gasteiger partial charge in [-0.3, -0.25) is 4.79 Å². The van der Waals surface area contributed by atoms with Crippen LogP contribution in [-0.2, 0) is 9.59 Å². The maximum atomic E-state index is 10.9. The number of hydrogen-bond donors (Lipinski definition) is 1. The summed E-state index contributed by atoms with van der Waals surface area (Å²) < 4.78 is 0. The molecule has 64 valence electrons. The van der Waals surface area contributed by atoms with Gasteiger partial charge in [-0.05, 0) is 5.22 Å². The van der Waals surface area contributed by atoms with E-state index in [1.807, 2.05) is 0 Å². The lowest BCUT2D eigenvalue weighted by Crippen LogP contribution is -2.20. The summed E-state index contributed by atoms with van der Waals surface area (Å²) in [6.07, 6.45) is 0. The third-order valence-electron chi connectivity index (χ3n) is 1.31. The molecular weight excluding hydrogens is 178 g/mol. The van der Waals surface area contributed by atoms with Crippen molar-refractivity contribution in [3.63, 3.8) is 0 Å². The Bertz CT molecular complexity index is 429. The van der Waals surface area contributed by atoms with E-state index in [2.05, 4.69) is 25.4 Å². The Morgan fingerprint density at radius 2 is 2.08 bits per heavy atom. The molecule has 0 bridgehead atoms. The van der Waals surface area contributed by atoms with Gasteiger partial charge in [-0.15, -0.1) is 5.10 Å². The number of carbonyl (C=O) groups excluding carboxylic acids is 1. The lowest BCUT2D eigenvalue weighted by atomic mass is 10.3. The molecule has 1 N–H and O–H groups in total. The monoisotopic (exact) mass is 179 g/mol. The van der Waals surface area contributed by atoms with Gasteiger partial charge in [0.15, 0.2) is 5.71 Å². The fraction of sp³-hybridized carbons (Fsp3) is 0. The highest BCUT2D eigenvalue weighted by atomic mass is 16.4. The Balaban J connectivity index is 2.47. The van der Waals surface area contributed by atoms with E-state index in [0.717, 1.165) is 0 Å². The van der Waals surface area contributed by atoms with E-state index < -0.39 is 17.7 Å². The number of carboxylic acid groups (broad SMARTS) is 1. The number of amides is 1. The molecule has 2 rings (SSSR count). The molecule has 0 unspecified atom stereocenters. The SMILES string of the molecule is O=C(O)C1=NC2=NN=NC(=O)C2=N1. The predicted octanol–water partition coefficient (Wildman–Crippen LogP) is -0.770. The largest absolute Gasteiger partial charge is 0.475 e. The zero-order valence-electron chi connectivity index (χ0n) is 6.00. The molecule has 0 aromatic carbocycles. The molecule has 0 fully saturated rings. The fourth-order valence-electron chi connectivity index (χ4n) is 0.796. The van der Waals surface area contributed by atoms with Crippen molar-refractivity contribution in [1.29, 1.82) is 0 Å². The first-order valence-corrected chi connectivity index (χ1v) is 3.12. The average Bonchev–Trinajstić information content (AvgIpc) is 2.49. The third kappa shape index (κ3) is 1.04. The second-order valence-electron chi connectivity index (χ2n) is 2.12. The smallest absolute Gasteiger partial charge is 0.374 e. The number of carboxylic acids is 1. The summed E-state index contributed by atoms with van der Waals surface area (Å²) in [5, 5.41) is 18.0. The van der Waals surface area contributed by atoms with E-state index in [1.165, 1.54) is 0 Å². The fourth-order valence-corrected chi connectivity index (χ4v) is 0.796. The molecule has 0 atom stereocenters. The first-order chi connectivity index (χ1) is 6.18. The van der Waals surface area contributed by atoms with Crippen LogP contribution in [0, 0.1) is 0 Å². The highest BCUT2D eigenvalue weighted by Gasteiger charge is 2.29. The van der Waals surface area contributed by atoms with E-state index in [-0.39, 0.29) is 11.5 Å². The van der Waals surface area contributed by atoms with Crippen LogP contribution in [0.2, 0.25) is 0 Å². The minimum Gasteiger partial charge on any atom is -0.475 e. The molecule has 0 radical (unpaired) electrons. The van der Waals surface area contributed by atoms with Crippen molar-refractivity contribution in [2.24, 2.45) is 25.4 Å². The number of rotatable bonds is 1. The van der Waals surface area contributed by atoms with E-state index in [1.54, 1.807) is 0 Å². The van der Waals surface area contributed by atoms with Crippen LogP contribution >= 0.6 is 0 Å². The Kier molecular flexibility index (Phi) is 1.35. The van der Waals surface area contributed by atoms with Gasteiger partial charge in [0.1, 0.15) is 0 Å². The van der Waals surface area contributed by atoms with Gasteiger partial charge in [0, 0.05) is 0 Å². The van der Waals surface area contributed by atoms with Crippen molar-refractivity contribution < 1.29 is 14.7 Å². The molecule has 13 heavy (non-hydrogen) atoms. The average molecular weight is 179 g/mol. The predicted molar refractivity (Wildman–Crippen MR) is 39.8 cm³/mol. The first-order valence-electron chi connectivity index (χ1n) is 3.12. The van der Waals surface area contributed by atoms with Gasteiger partial charge in [-0.2, -0.15) is 4.99 Å². The number of hydrogen-bond acceptors (Lipinski definition) is 6. The highest BCUT2D eigenvalue weighted by molar-refractivity contribution is 6.72. The van der Waals surface area contributed by atoms with Gasteiger partial charge in [-0.25, -0.2) is 9.79 Å². The van der Waals surface area contributed by atoms with Gasteiger partial charge < -0.3 is 5.11 Å². The molecule has 2 aliphatic rings. The summed E-state index contributed by atoms with van der Waals surface area (Å²) in [4.78, 5) is 28.2. The van der Waals surface area contributed by atoms with Crippen molar-refractivity contribution >= 4 is 29.3 Å². The second kappa shape index (κ2) is 2.37. The van der Waals surface area contributed by atoms with E-state index in [0.29, 0.717) is 0 Å². The Morgan fingerprint density at radius 3 is 2.69 bits per heavy atom. The second-order valence-corrected chi connectivity index (χ2v) is 2.12. The van der Waals surface area contributed by atoms with Crippen LogP contribution in [0.25, 0.3) is 0 Å². The number of fused-ring (bicyclic) bond motifs is 1. The molecule has 0 aromatic heterocycles. The van der Waals surface area contributed by atoms with E-state index >= 15 is 0 Å². The Hall–Kier alpha value is -2.25. The molecule has 8 heteroatoms. The molecule has 2 aliphatic heterocycles. The molecule has 0 saturated carbocycles. The van der Waals surface area contributed by atoms with Gasteiger partial charge in [0.25, 0.3) is 0 Å². The van der Waals surface area contributed by atoms with Gasteiger partial charge in [-0.1, -0.05) is 5.11 Å². The molecule has 0 aromatic rings. The zero-order valence-corrected chi connectivity index (χ0v) is 6.00. The Morgan fingerprint density at radius 1 is 1.31 bits per heavy atom. The lowest BCUT2D eigenvalue weighted by molar-refractivity contribution is -0.129. The lowest BCUT2D eigenvalue weighted by Gasteiger charge is -1.94. The van der Waals surface area contributed by atoms with Crippen molar-refractivity contribution in [3.8, 4) is 0 Å². The standard InChI is InChI=1S/C5HN5O3/c11-4-1-2(8-10-9-4)7-3(6-1)5(12)13/h(H,12,13). The quantitative estimate of drug-likeness (QED) is 0.569. The summed E-state index contributed by atoms with van der Waals surface area (Å²) in [6.45, 7) is 0. The van der Waals surface area contributed by atoms with Crippen LogP contribution in [-0.4, -0.2) is 34.4 Å². The van der Waals surface area contributed by atoms with Crippen molar-refractivity contribution in [2.45, 2.75) is 0 Å². The molecule has 1 amide bonds. The molecule has 0 aliphatic carbocycles. The zero-order chi connectivity index (χ0) is 9.42. The summed E-state index contributed by atoms with van der Waals surface area (Å²) >= 11 is 0. The molecule has 0 saturated heterocycles. The normalized spacial score (nSPS) is 19.1. The molecule has 8 nitrogen and oxygen atoms in total. The summed E-state index contributed by atoms with van der Waals surface area (Å²) in [5.74, 6) is -2.63. The molecule has 2 heterocycles. The van der Waals surface area contributed by atoms with Gasteiger partial charge in [0.2, 0.25) is 11.7 Å². The van der Waals surface area contributed by atoms with Crippen LogP contribution in [0.4, 0.5) is 0 Å². The maximum absolute atomic E-state index is 10.9. The van der Waals surface area contributed by atoms with Crippen molar-refractivity contribution in [2.75, 3.05) is 0 Å². The van der Waals surface area contributed by atoms with Crippen LogP contribution in [0.1, 0.15) is 0 Å². The van der Waals surface area contributed by atoms with Crippen LogP contribution in [0.5, 0.6) is 0 Å². The highest BCUT2D eigenvalue weighted by Crippen LogP contribution is 2.07. The minimum absolute atomic E-state index is 0.0996. The van der Waals surface area contributed by atoms with Crippen molar-refractivity contribution in [1.82, 2.24) is 0 Å². The third-order valence-corrected chi connectivity index (χ3v) is 1.31. The molecular formula is C5HN5O3. The topological polar surface area (TPSA) is 116 Å². The summed E-state index contributed by atoms with van der Waals surface area (Å²) in [7, 11) is 0. The summed E-state index contributed by atoms with van der Waals surface area (Å²) in [6, 6.07) is 0. The molecule has 0 spiro atoms. The van der Waals surface area contributed by atoms with Gasteiger partial charge in [0.05, 0.1) is 0 Å². The number of amidine groups is 2. The van der Waals surface area contributed by atoms with Crippen LogP contribution in [0.3, 0.4) is 0 Å². The number of carbonyl (C=O) groups is 2. The number of aliphatic carboxylic acids is 1. The summed E-state index contributed by atoms with van der Waals surface area (Å²) in [5.41, 5.74) is -0.174. The van der Waals surface area contributed by atoms with E-state index in [4.69, 9.17) is 5.11 Å². The minimum atomic E-state index is -1.32. The van der Waals surface area contributed by atoms with Crippen LogP contribution < -0.4 is 0 Å². The first kappa shape index (κ1) is 7.40. The van der Waals surface area contributed by atoms with Crippen LogP contribution in [0.15, 0.2) is 25.4 Å². The number of nitrogens with zero attached hydrogens (tertiary/aromatic N) is 5. The number of aliphatic imine (C=N–C) groups is 2. The maximum Gasteiger partial charge on any atom is 0.374 e.